The smallest absolute Gasteiger partial charge is 0.284 e. The van der Waals surface area contributed by atoms with Crippen molar-refractivity contribution in [1.82, 2.24) is 4.90 Å². The fourth-order valence-electron chi connectivity index (χ4n) is 2.16. The van der Waals surface area contributed by atoms with Gasteiger partial charge in [0.1, 0.15) is 0 Å². The fraction of sp³-hybridized carbons (Fsp3) is 0.467. The summed E-state index contributed by atoms with van der Waals surface area (Å²) in [4.78, 5) is 13.9. The zero-order valence-corrected chi connectivity index (χ0v) is 14.8. The summed E-state index contributed by atoms with van der Waals surface area (Å²) >= 11 is 1.21. The number of amidine groups is 1. The van der Waals surface area contributed by atoms with Crippen LogP contribution in [0.1, 0.15) is 19.8 Å². The normalized spacial score (nSPS) is 20.4. The van der Waals surface area contributed by atoms with Crippen LogP contribution in [0.2, 0.25) is 0 Å². The lowest BCUT2D eigenvalue weighted by Crippen LogP contribution is -2.33. The molecule has 23 heavy (non-hydrogen) atoms. The van der Waals surface area contributed by atoms with Gasteiger partial charge in [0, 0.05) is 20.3 Å². The topological polar surface area (TPSA) is 76.0 Å². The van der Waals surface area contributed by atoms with E-state index >= 15 is 0 Å². The Balaban J connectivity index is 2.28. The molecule has 1 unspecified atom stereocenters. The quantitative estimate of drug-likeness (QED) is 0.700. The van der Waals surface area contributed by atoms with Crippen molar-refractivity contribution >= 4 is 32.9 Å². The summed E-state index contributed by atoms with van der Waals surface area (Å²) in [6.45, 7) is 2.81. The second-order valence-electron chi connectivity index (χ2n) is 5.01. The highest BCUT2D eigenvalue weighted by molar-refractivity contribution is 8.16. The lowest BCUT2D eigenvalue weighted by Gasteiger charge is -2.15. The molecule has 0 spiro atoms. The summed E-state index contributed by atoms with van der Waals surface area (Å²) in [5.74, 6) is -0.0874. The van der Waals surface area contributed by atoms with E-state index < -0.39 is 10.0 Å². The van der Waals surface area contributed by atoms with Gasteiger partial charge in [0.15, 0.2) is 5.17 Å². The Kier molecular flexibility index (Phi) is 6.20. The van der Waals surface area contributed by atoms with Crippen LogP contribution in [-0.2, 0) is 19.6 Å². The predicted octanol–water partition coefficient (Wildman–Crippen LogP) is 2.12. The maximum absolute atomic E-state index is 12.4. The van der Waals surface area contributed by atoms with Crippen molar-refractivity contribution in [3.8, 4) is 0 Å². The maximum atomic E-state index is 12.4. The number of hydrogen-bond donors (Lipinski definition) is 0. The minimum absolute atomic E-state index is 0.0874. The first-order valence-corrected chi connectivity index (χ1v) is 9.68. The molecule has 1 atom stereocenters. The van der Waals surface area contributed by atoms with E-state index in [2.05, 4.69) is 4.40 Å². The zero-order valence-electron chi connectivity index (χ0n) is 13.1. The zero-order chi connectivity index (χ0) is 16.9. The number of carbonyl (C=O) groups excluding carboxylic acids is 1. The first-order chi connectivity index (χ1) is 11.0. The minimum atomic E-state index is -3.82. The lowest BCUT2D eigenvalue weighted by atomic mass is 10.3. The third kappa shape index (κ3) is 4.33. The first kappa shape index (κ1) is 18.0. The molecule has 1 fully saturated rings. The maximum Gasteiger partial charge on any atom is 0.284 e. The van der Waals surface area contributed by atoms with Crippen molar-refractivity contribution in [2.24, 2.45) is 4.40 Å². The second kappa shape index (κ2) is 7.94. The molecule has 1 aliphatic heterocycles. The van der Waals surface area contributed by atoms with E-state index in [-0.39, 0.29) is 21.2 Å². The molecule has 0 bridgehead atoms. The highest BCUT2D eigenvalue weighted by Crippen LogP contribution is 2.30. The Bertz CT molecular complexity index is 674. The number of rotatable bonds is 7. The molecule has 0 aromatic heterocycles. The van der Waals surface area contributed by atoms with E-state index in [1.807, 2.05) is 6.92 Å². The first-order valence-electron chi connectivity index (χ1n) is 7.36. The molecular weight excluding hydrogens is 336 g/mol. The predicted molar refractivity (Wildman–Crippen MR) is 90.9 cm³/mol. The lowest BCUT2D eigenvalue weighted by molar-refractivity contribution is -0.126. The van der Waals surface area contributed by atoms with Crippen LogP contribution in [0, 0.1) is 0 Å². The molecular formula is C15H20N2O4S2. The van der Waals surface area contributed by atoms with Crippen molar-refractivity contribution in [3.63, 3.8) is 0 Å². The Morgan fingerprint density at radius 2 is 2.00 bits per heavy atom. The fourth-order valence-corrected chi connectivity index (χ4v) is 4.49. The minimum Gasteiger partial charge on any atom is -0.385 e. The van der Waals surface area contributed by atoms with Gasteiger partial charge in [-0.1, -0.05) is 36.9 Å². The molecule has 2 rings (SSSR count). The molecule has 1 aromatic rings. The van der Waals surface area contributed by atoms with E-state index in [0.29, 0.717) is 26.0 Å². The molecule has 0 radical (unpaired) electrons. The summed E-state index contributed by atoms with van der Waals surface area (Å²) in [5.41, 5.74) is 0. The molecule has 1 heterocycles. The van der Waals surface area contributed by atoms with Gasteiger partial charge in [-0.25, -0.2) is 0 Å². The highest BCUT2D eigenvalue weighted by atomic mass is 32.2. The number of ether oxygens (including phenoxy) is 1. The number of nitrogens with zero attached hydrogens (tertiary/aromatic N) is 2. The molecule has 0 saturated carbocycles. The highest BCUT2D eigenvalue weighted by Gasteiger charge is 2.37. The molecule has 1 saturated heterocycles. The average Bonchev–Trinajstić information content (AvgIpc) is 2.84. The summed E-state index contributed by atoms with van der Waals surface area (Å²) in [6.07, 6.45) is 1.26. The molecule has 126 valence electrons. The van der Waals surface area contributed by atoms with Gasteiger partial charge >= 0.3 is 0 Å². The van der Waals surface area contributed by atoms with E-state index in [1.165, 1.54) is 28.8 Å². The molecule has 8 heteroatoms. The Hall–Kier alpha value is -1.38. The van der Waals surface area contributed by atoms with Crippen molar-refractivity contribution in [2.45, 2.75) is 29.9 Å². The second-order valence-corrected chi connectivity index (χ2v) is 7.79. The monoisotopic (exact) mass is 356 g/mol. The van der Waals surface area contributed by atoms with E-state index in [1.54, 1.807) is 25.3 Å². The number of hydrogen-bond acceptors (Lipinski definition) is 5. The third-order valence-corrected chi connectivity index (χ3v) is 6.10. The number of methoxy groups -OCH3 is 1. The van der Waals surface area contributed by atoms with Gasteiger partial charge in [0.2, 0.25) is 5.91 Å². The molecule has 1 aromatic carbocycles. The number of sulfonamides is 1. The molecule has 1 aliphatic rings. The number of benzene rings is 1. The van der Waals surface area contributed by atoms with Gasteiger partial charge in [-0.05, 0) is 25.0 Å². The van der Waals surface area contributed by atoms with Crippen molar-refractivity contribution in [3.05, 3.63) is 30.3 Å². The van der Waals surface area contributed by atoms with Crippen LogP contribution in [0.3, 0.4) is 0 Å². The standard InChI is InChI=1S/C15H20N2O4S2/c1-3-13-14(18)17(10-7-11-21-2)15(22-13)16-23(19,20)12-8-5-4-6-9-12/h4-6,8-9,13H,3,7,10-11H2,1-2H3. The van der Waals surface area contributed by atoms with Crippen molar-refractivity contribution < 1.29 is 17.9 Å². The van der Waals surface area contributed by atoms with Gasteiger partial charge in [0.05, 0.1) is 10.1 Å². The molecule has 0 aliphatic carbocycles. The van der Waals surface area contributed by atoms with Crippen LogP contribution < -0.4 is 0 Å². The number of amides is 1. The molecule has 6 nitrogen and oxygen atoms in total. The van der Waals surface area contributed by atoms with Gasteiger partial charge in [0.25, 0.3) is 10.0 Å². The third-order valence-electron chi connectivity index (χ3n) is 3.36. The van der Waals surface area contributed by atoms with Gasteiger partial charge in [-0.2, -0.15) is 8.42 Å². The summed E-state index contributed by atoms with van der Waals surface area (Å²) in [6, 6.07) is 8.02. The van der Waals surface area contributed by atoms with Crippen LogP contribution in [0.5, 0.6) is 0 Å². The van der Waals surface area contributed by atoms with E-state index in [0.717, 1.165) is 0 Å². The van der Waals surface area contributed by atoms with Crippen LogP contribution in [0.4, 0.5) is 0 Å². The Labute approximate surface area is 141 Å². The van der Waals surface area contributed by atoms with E-state index in [4.69, 9.17) is 4.74 Å². The van der Waals surface area contributed by atoms with Crippen LogP contribution in [0.25, 0.3) is 0 Å². The average molecular weight is 356 g/mol. The van der Waals surface area contributed by atoms with Crippen LogP contribution in [-0.4, -0.2) is 49.9 Å². The van der Waals surface area contributed by atoms with E-state index in [9.17, 15) is 13.2 Å². The summed E-state index contributed by atoms with van der Waals surface area (Å²) in [5, 5.41) is -0.0240. The van der Waals surface area contributed by atoms with Crippen LogP contribution >= 0.6 is 11.8 Å². The molecule has 1 amide bonds. The number of carbonyl (C=O) groups is 1. The Morgan fingerprint density at radius 3 is 2.61 bits per heavy atom. The van der Waals surface area contributed by atoms with Crippen molar-refractivity contribution in [1.29, 1.82) is 0 Å². The van der Waals surface area contributed by atoms with Gasteiger partial charge in [-0.15, -0.1) is 4.40 Å². The summed E-state index contributed by atoms with van der Waals surface area (Å²) < 4.78 is 33.7. The summed E-state index contributed by atoms with van der Waals surface area (Å²) in [7, 11) is -2.23. The SMILES string of the molecule is CCC1SC(=NS(=O)(=O)c2ccccc2)N(CCCOC)C1=O. The van der Waals surface area contributed by atoms with Crippen LogP contribution in [0.15, 0.2) is 39.6 Å². The molecule has 0 N–H and O–H groups in total. The Morgan fingerprint density at radius 1 is 1.30 bits per heavy atom. The van der Waals surface area contributed by atoms with Gasteiger partial charge in [-0.3, -0.25) is 9.69 Å². The number of thioether (sulfide) groups is 1. The van der Waals surface area contributed by atoms with Crippen molar-refractivity contribution in [2.75, 3.05) is 20.3 Å². The largest absolute Gasteiger partial charge is 0.385 e. The van der Waals surface area contributed by atoms with Gasteiger partial charge < -0.3 is 4.74 Å².